The summed E-state index contributed by atoms with van der Waals surface area (Å²) in [6.07, 6.45) is -9.92. The van der Waals surface area contributed by atoms with Crippen LogP contribution in [0, 0.1) is 0 Å². The van der Waals surface area contributed by atoms with Crippen LogP contribution < -0.4 is 21.9 Å². The van der Waals surface area contributed by atoms with Gasteiger partial charge in [0.15, 0.2) is 0 Å². The van der Waals surface area contributed by atoms with Crippen molar-refractivity contribution in [2.45, 2.75) is 49.8 Å². The van der Waals surface area contributed by atoms with Gasteiger partial charge in [0.1, 0.15) is 0 Å². The van der Waals surface area contributed by atoms with E-state index in [1.54, 1.807) is 0 Å². The lowest BCUT2D eigenvalue weighted by Gasteiger charge is -2.42. The van der Waals surface area contributed by atoms with Crippen LogP contribution >= 0.6 is 0 Å². The minimum Gasteiger partial charge on any atom is -0.372 e. The minimum atomic E-state index is -4.94. The summed E-state index contributed by atoms with van der Waals surface area (Å²) in [5, 5.41) is 6.04. The standard InChI is InChI=1S/C23H26F6N4O2/c1-14(15-9-17(22(24,25)26)11-18(10-15)23(27,28)29)35-13-21(16-5-3-2-4-6-16)8-7-19(12-31-21)32-20(34)33-30/h2-6,9-11,14,19,31H,7-8,12-13,30H2,1H3,(H2,32,33,34)/t14-,19?,21-/m1/s1. The SMILES string of the molecule is C[C@@H](OC[C@@]1(c2ccccc2)CCC(NC(=O)NN)CN1)c1cc(C(F)(F)F)cc(C(F)(F)F)c1. The number of nitrogens with two attached hydrogens (primary N) is 1. The lowest BCUT2D eigenvalue weighted by atomic mass is 9.81. The summed E-state index contributed by atoms with van der Waals surface area (Å²) < 4.78 is 85.4. The van der Waals surface area contributed by atoms with Crippen LogP contribution in [0.15, 0.2) is 48.5 Å². The van der Waals surface area contributed by atoms with Gasteiger partial charge in [-0.2, -0.15) is 26.3 Å². The van der Waals surface area contributed by atoms with Gasteiger partial charge in [0.05, 0.1) is 29.4 Å². The van der Waals surface area contributed by atoms with Crippen LogP contribution in [0.25, 0.3) is 0 Å². The van der Waals surface area contributed by atoms with E-state index in [9.17, 15) is 31.1 Å². The number of urea groups is 1. The Hall–Kier alpha value is -2.83. The molecule has 3 atom stereocenters. The summed E-state index contributed by atoms with van der Waals surface area (Å²) in [5.74, 6) is 5.10. The Morgan fingerprint density at radius 1 is 1.11 bits per heavy atom. The number of benzene rings is 2. The Bertz CT molecular complexity index is 973. The molecule has 192 valence electrons. The first-order chi connectivity index (χ1) is 16.3. The summed E-state index contributed by atoms with van der Waals surface area (Å²) in [5.41, 5.74) is -0.942. The van der Waals surface area contributed by atoms with Crippen molar-refractivity contribution in [2.24, 2.45) is 5.84 Å². The van der Waals surface area contributed by atoms with Crippen LogP contribution in [0.5, 0.6) is 0 Å². The number of alkyl halides is 6. The van der Waals surface area contributed by atoms with Gasteiger partial charge < -0.3 is 15.4 Å². The summed E-state index contributed by atoms with van der Waals surface area (Å²) in [4.78, 5) is 11.5. The number of amides is 2. The van der Waals surface area contributed by atoms with Crippen molar-refractivity contribution in [2.75, 3.05) is 13.2 Å². The molecule has 0 radical (unpaired) electrons. The Morgan fingerprint density at radius 2 is 1.71 bits per heavy atom. The molecular formula is C23H26F6N4O2. The molecule has 0 aromatic heterocycles. The number of hydrogen-bond donors (Lipinski definition) is 4. The maximum atomic E-state index is 13.3. The van der Waals surface area contributed by atoms with Gasteiger partial charge in [0.2, 0.25) is 0 Å². The van der Waals surface area contributed by atoms with Crippen LogP contribution in [0.3, 0.4) is 0 Å². The molecule has 1 aliphatic rings. The molecule has 1 aliphatic heterocycles. The monoisotopic (exact) mass is 504 g/mol. The second-order valence-corrected chi connectivity index (χ2v) is 8.47. The topological polar surface area (TPSA) is 88.4 Å². The lowest BCUT2D eigenvalue weighted by molar-refractivity contribution is -0.143. The Morgan fingerprint density at radius 3 is 2.20 bits per heavy atom. The number of piperidine rings is 1. The van der Waals surface area contributed by atoms with Crippen molar-refractivity contribution < 1.29 is 35.9 Å². The molecule has 2 aromatic carbocycles. The van der Waals surface area contributed by atoms with Crippen LogP contribution in [-0.2, 0) is 22.6 Å². The molecule has 5 N–H and O–H groups in total. The van der Waals surface area contributed by atoms with Crippen LogP contribution in [0.4, 0.5) is 31.1 Å². The average Bonchev–Trinajstić information content (AvgIpc) is 2.82. The summed E-state index contributed by atoms with van der Waals surface area (Å²) in [6, 6.07) is 9.83. The largest absolute Gasteiger partial charge is 0.416 e. The normalized spacial score (nSPS) is 21.9. The maximum Gasteiger partial charge on any atom is 0.416 e. The number of hydrazine groups is 1. The van der Waals surface area contributed by atoms with Crippen molar-refractivity contribution in [3.63, 3.8) is 0 Å². The van der Waals surface area contributed by atoms with E-state index in [1.807, 2.05) is 35.8 Å². The Labute approximate surface area is 198 Å². The van der Waals surface area contributed by atoms with Crippen molar-refractivity contribution in [1.29, 1.82) is 0 Å². The first-order valence-corrected chi connectivity index (χ1v) is 10.8. The molecule has 2 amide bonds. The fraction of sp³-hybridized carbons (Fsp3) is 0.435. The second-order valence-electron chi connectivity index (χ2n) is 8.47. The Kier molecular flexibility index (Phi) is 7.97. The summed E-state index contributed by atoms with van der Waals surface area (Å²) in [7, 11) is 0. The van der Waals surface area contributed by atoms with E-state index in [4.69, 9.17) is 10.6 Å². The molecule has 2 aromatic rings. The molecule has 12 heteroatoms. The van der Waals surface area contributed by atoms with E-state index in [2.05, 4.69) is 10.6 Å². The average molecular weight is 504 g/mol. The van der Waals surface area contributed by atoms with Gasteiger partial charge >= 0.3 is 18.4 Å². The molecule has 1 fully saturated rings. The third-order valence-electron chi connectivity index (χ3n) is 6.06. The number of rotatable bonds is 6. The molecule has 6 nitrogen and oxygen atoms in total. The number of hydrogen-bond acceptors (Lipinski definition) is 4. The predicted octanol–water partition coefficient (Wildman–Crippen LogP) is 4.62. The van der Waals surface area contributed by atoms with Crippen molar-refractivity contribution in [1.82, 2.24) is 16.1 Å². The van der Waals surface area contributed by atoms with Gasteiger partial charge in [-0.1, -0.05) is 30.3 Å². The highest BCUT2D eigenvalue weighted by atomic mass is 19.4. The highest BCUT2D eigenvalue weighted by Gasteiger charge is 2.39. The van der Waals surface area contributed by atoms with Crippen molar-refractivity contribution in [3.05, 3.63) is 70.8 Å². The fourth-order valence-corrected chi connectivity index (χ4v) is 4.07. The Balaban J connectivity index is 1.83. The van der Waals surface area contributed by atoms with Crippen LogP contribution in [0.1, 0.15) is 48.1 Å². The zero-order valence-corrected chi connectivity index (χ0v) is 18.8. The molecule has 3 rings (SSSR count). The van der Waals surface area contributed by atoms with E-state index >= 15 is 0 Å². The number of carbonyl (C=O) groups excluding carboxylic acids is 1. The predicted molar refractivity (Wildman–Crippen MR) is 116 cm³/mol. The third-order valence-corrected chi connectivity index (χ3v) is 6.06. The zero-order chi connectivity index (χ0) is 25.9. The number of halogens is 6. The molecule has 0 spiro atoms. The van der Waals surface area contributed by atoms with E-state index in [-0.39, 0.29) is 24.3 Å². The molecule has 1 saturated heterocycles. The number of nitrogens with one attached hydrogen (secondary N) is 3. The molecule has 0 aliphatic carbocycles. The van der Waals surface area contributed by atoms with Crippen LogP contribution in [-0.4, -0.2) is 25.2 Å². The highest BCUT2D eigenvalue weighted by molar-refractivity contribution is 5.73. The van der Waals surface area contributed by atoms with Crippen molar-refractivity contribution in [3.8, 4) is 0 Å². The fourth-order valence-electron chi connectivity index (χ4n) is 4.07. The maximum absolute atomic E-state index is 13.3. The first-order valence-electron chi connectivity index (χ1n) is 10.8. The van der Waals surface area contributed by atoms with E-state index < -0.39 is 41.2 Å². The first kappa shape index (κ1) is 26.8. The number of ether oxygens (including phenoxy) is 1. The van der Waals surface area contributed by atoms with Crippen molar-refractivity contribution >= 4 is 6.03 Å². The van der Waals surface area contributed by atoms with Crippen LogP contribution in [0.2, 0.25) is 0 Å². The van der Waals surface area contributed by atoms with Gasteiger partial charge in [0.25, 0.3) is 0 Å². The molecular weight excluding hydrogens is 478 g/mol. The zero-order valence-electron chi connectivity index (χ0n) is 18.8. The van der Waals surface area contributed by atoms with Gasteiger partial charge in [-0.05, 0) is 49.1 Å². The summed E-state index contributed by atoms with van der Waals surface area (Å²) >= 11 is 0. The smallest absolute Gasteiger partial charge is 0.372 e. The van der Waals surface area contributed by atoms with E-state index in [0.29, 0.717) is 31.5 Å². The highest BCUT2D eigenvalue weighted by Crippen LogP contribution is 2.39. The van der Waals surface area contributed by atoms with Gasteiger partial charge in [-0.3, -0.25) is 5.43 Å². The van der Waals surface area contributed by atoms with Gasteiger partial charge in [-0.25, -0.2) is 10.6 Å². The molecule has 35 heavy (non-hydrogen) atoms. The van der Waals surface area contributed by atoms with Gasteiger partial charge in [0, 0.05) is 12.6 Å². The number of carbonyl (C=O) groups is 1. The quantitative estimate of drug-likeness (QED) is 0.200. The minimum absolute atomic E-state index is 0.0222. The van der Waals surface area contributed by atoms with E-state index in [0.717, 1.165) is 5.56 Å². The molecule has 0 saturated carbocycles. The summed E-state index contributed by atoms with van der Waals surface area (Å²) in [6.45, 7) is 1.74. The van der Waals surface area contributed by atoms with Gasteiger partial charge in [-0.15, -0.1) is 0 Å². The third kappa shape index (κ3) is 6.65. The molecule has 1 heterocycles. The molecule has 1 unspecified atom stereocenters. The van der Waals surface area contributed by atoms with E-state index in [1.165, 1.54) is 6.92 Å². The lowest BCUT2D eigenvalue weighted by Crippen LogP contribution is -2.58. The molecule has 0 bridgehead atoms. The second kappa shape index (κ2) is 10.4.